The molecule has 26 heavy (non-hydrogen) atoms. The lowest BCUT2D eigenvalue weighted by molar-refractivity contribution is -0.138. The summed E-state index contributed by atoms with van der Waals surface area (Å²) in [5, 5.41) is 7.31. The van der Waals surface area contributed by atoms with Crippen molar-refractivity contribution in [1.82, 2.24) is 15.1 Å². The molecule has 3 rings (SSSR count). The standard InChI is InChI=1S/C15H14F3N3O.C3H8O/c16-15(17,18)12-4-2-1-3-10(12)8-21-14-5-6-19-7-11(14)13(9-22)20-21;1-3-4-2/h1-4,9,19H,5-8H2;3H2,1-2H3. The molecule has 0 amide bonds. The summed E-state index contributed by atoms with van der Waals surface area (Å²) in [4.78, 5) is 11.1. The van der Waals surface area contributed by atoms with Crippen molar-refractivity contribution in [3.63, 3.8) is 0 Å². The van der Waals surface area contributed by atoms with Gasteiger partial charge in [0.25, 0.3) is 0 Å². The molecule has 142 valence electrons. The van der Waals surface area contributed by atoms with Crippen LogP contribution in [0.4, 0.5) is 13.2 Å². The van der Waals surface area contributed by atoms with Crippen LogP contribution in [0.2, 0.25) is 0 Å². The van der Waals surface area contributed by atoms with Gasteiger partial charge in [-0.25, -0.2) is 0 Å². The third kappa shape index (κ3) is 4.70. The molecule has 1 aliphatic heterocycles. The number of benzene rings is 1. The van der Waals surface area contributed by atoms with Crippen LogP contribution in [0.3, 0.4) is 0 Å². The number of nitrogens with one attached hydrogen (secondary N) is 1. The van der Waals surface area contributed by atoms with Gasteiger partial charge < -0.3 is 10.1 Å². The van der Waals surface area contributed by atoms with E-state index in [1.165, 1.54) is 16.8 Å². The van der Waals surface area contributed by atoms with Gasteiger partial charge in [-0.3, -0.25) is 9.48 Å². The highest BCUT2D eigenvalue weighted by atomic mass is 19.4. The fourth-order valence-electron chi connectivity index (χ4n) is 2.77. The predicted octanol–water partition coefficient (Wildman–Crippen LogP) is 3.06. The number of ether oxygens (including phenoxy) is 1. The Morgan fingerprint density at radius 3 is 2.65 bits per heavy atom. The van der Waals surface area contributed by atoms with Crippen molar-refractivity contribution in [2.75, 3.05) is 20.3 Å². The van der Waals surface area contributed by atoms with E-state index >= 15 is 0 Å². The molecular weight excluding hydrogens is 347 g/mol. The van der Waals surface area contributed by atoms with E-state index in [0.717, 1.165) is 30.5 Å². The van der Waals surface area contributed by atoms with Gasteiger partial charge in [0.2, 0.25) is 0 Å². The molecule has 2 heterocycles. The molecule has 1 aromatic heterocycles. The monoisotopic (exact) mass is 369 g/mol. The molecular formula is C18H22F3N3O2. The summed E-state index contributed by atoms with van der Waals surface area (Å²) in [6.07, 6.45) is -3.11. The molecule has 5 nitrogen and oxygen atoms in total. The van der Waals surface area contributed by atoms with Crippen LogP contribution >= 0.6 is 0 Å². The normalized spacial score (nSPS) is 13.6. The number of hydrogen-bond acceptors (Lipinski definition) is 4. The number of hydrogen-bond donors (Lipinski definition) is 1. The Balaban J connectivity index is 0.000000552. The Morgan fingerprint density at radius 2 is 2.04 bits per heavy atom. The van der Waals surface area contributed by atoms with Crippen molar-refractivity contribution in [3.05, 3.63) is 52.3 Å². The summed E-state index contributed by atoms with van der Waals surface area (Å²) in [5.41, 5.74) is 1.40. The lowest BCUT2D eigenvalue weighted by Gasteiger charge is -2.17. The number of methoxy groups -OCH3 is 1. The van der Waals surface area contributed by atoms with Crippen LogP contribution in [-0.4, -0.2) is 36.3 Å². The zero-order valence-electron chi connectivity index (χ0n) is 14.8. The van der Waals surface area contributed by atoms with Crippen molar-refractivity contribution in [2.24, 2.45) is 0 Å². The van der Waals surface area contributed by atoms with Gasteiger partial charge in [0, 0.05) is 44.5 Å². The third-order valence-corrected chi connectivity index (χ3v) is 4.08. The van der Waals surface area contributed by atoms with Crippen LogP contribution in [-0.2, 0) is 30.4 Å². The predicted molar refractivity (Wildman–Crippen MR) is 91.1 cm³/mol. The minimum absolute atomic E-state index is 0.00581. The molecule has 0 radical (unpaired) electrons. The average molecular weight is 369 g/mol. The smallest absolute Gasteiger partial charge is 0.385 e. The van der Waals surface area contributed by atoms with E-state index in [1.807, 2.05) is 6.92 Å². The second kappa shape index (κ2) is 8.95. The summed E-state index contributed by atoms with van der Waals surface area (Å²) in [7, 11) is 1.68. The molecule has 2 aromatic rings. The highest BCUT2D eigenvalue weighted by Gasteiger charge is 2.33. The number of aromatic nitrogens is 2. The van der Waals surface area contributed by atoms with E-state index < -0.39 is 11.7 Å². The van der Waals surface area contributed by atoms with Crippen molar-refractivity contribution in [3.8, 4) is 0 Å². The number of rotatable bonds is 4. The topological polar surface area (TPSA) is 56.1 Å². The fraction of sp³-hybridized carbons (Fsp3) is 0.444. The minimum Gasteiger partial charge on any atom is -0.385 e. The van der Waals surface area contributed by atoms with E-state index in [9.17, 15) is 18.0 Å². The molecule has 0 bridgehead atoms. The lowest BCUT2D eigenvalue weighted by atomic mass is 10.1. The molecule has 0 unspecified atom stereocenters. The molecule has 0 spiro atoms. The Morgan fingerprint density at radius 1 is 1.35 bits per heavy atom. The van der Waals surface area contributed by atoms with Crippen molar-refractivity contribution >= 4 is 6.29 Å². The van der Waals surface area contributed by atoms with Gasteiger partial charge in [-0.1, -0.05) is 18.2 Å². The molecule has 0 saturated carbocycles. The van der Waals surface area contributed by atoms with Gasteiger partial charge in [0.1, 0.15) is 5.69 Å². The third-order valence-electron chi connectivity index (χ3n) is 4.08. The first-order valence-electron chi connectivity index (χ1n) is 8.30. The Bertz CT molecular complexity index is 740. The maximum Gasteiger partial charge on any atom is 0.416 e. The highest BCUT2D eigenvalue weighted by molar-refractivity contribution is 5.75. The number of fused-ring (bicyclic) bond motifs is 1. The molecule has 1 aromatic carbocycles. The summed E-state index contributed by atoms with van der Waals surface area (Å²) >= 11 is 0. The number of aldehydes is 1. The van der Waals surface area contributed by atoms with E-state index in [2.05, 4.69) is 15.2 Å². The van der Waals surface area contributed by atoms with Crippen LogP contribution < -0.4 is 5.32 Å². The molecule has 0 fully saturated rings. The first kappa shape index (κ1) is 20.1. The van der Waals surface area contributed by atoms with E-state index in [-0.39, 0.29) is 12.1 Å². The van der Waals surface area contributed by atoms with Crippen LogP contribution in [0.1, 0.15) is 39.8 Å². The Labute approximate surface area is 150 Å². The van der Waals surface area contributed by atoms with Gasteiger partial charge in [-0.15, -0.1) is 0 Å². The second-order valence-electron chi connectivity index (χ2n) is 5.75. The summed E-state index contributed by atoms with van der Waals surface area (Å²) < 4.78 is 45.3. The number of carbonyl (C=O) groups is 1. The minimum atomic E-state index is -4.40. The first-order valence-corrected chi connectivity index (χ1v) is 8.30. The van der Waals surface area contributed by atoms with Gasteiger partial charge in [0.05, 0.1) is 12.1 Å². The van der Waals surface area contributed by atoms with Crippen LogP contribution in [0.15, 0.2) is 24.3 Å². The van der Waals surface area contributed by atoms with E-state index in [4.69, 9.17) is 0 Å². The van der Waals surface area contributed by atoms with Crippen molar-refractivity contribution in [1.29, 1.82) is 0 Å². The van der Waals surface area contributed by atoms with E-state index in [0.29, 0.717) is 24.9 Å². The number of carbonyl (C=O) groups excluding carboxylic acids is 1. The molecule has 0 atom stereocenters. The lowest BCUT2D eigenvalue weighted by Crippen LogP contribution is -2.25. The first-order chi connectivity index (χ1) is 12.4. The SMILES string of the molecule is CCOC.O=Cc1nn(Cc2ccccc2C(F)(F)F)c2c1CNCC2. The van der Waals surface area contributed by atoms with Crippen molar-refractivity contribution in [2.45, 2.75) is 32.6 Å². The number of nitrogens with zero attached hydrogens (tertiary/aromatic N) is 2. The van der Waals surface area contributed by atoms with Crippen LogP contribution in [0.25, 0.3) is 0 Å². The van der Waals surface area contributed by atoms with Crippen LogP contribution in [0.5, 0.6) is 0 Å². The molecule has 0 aliphatic carbocycles. The zero-order valence-corrected chi connectivity index (χ0v) is 14.8. The maximum atomic E-state index is 13.1. The van der Waals surface area contributed by atoms with Gasteiger partial charge in [0.15, 0.2) is 6.29 Å². The summed E-state index contributed by atoms with van der Waals surface area (Å²) in [6.45, 7) is 4.02. The number of halogens is 3. The maximum absolute atomic E-state index is 13.1. The zero-order chi connectivity index (χ0) is 19.2. The number of alkyl halides is 3. The summed E-state index contributed by atoms with van der Waals surface area (Å²) in [5.74, 6) is 0. The van der Waals surface area contributed by atoms with Gasteiger partial charge >= 0.3 is 6.18 Å². The Hall–Kier alpha value is -2.19. The molecule has 0 saturated heterocycles. The fourth-order valence-corrected chi connectivity index (χ4v) is 2.77. The van der Waals surface area contributed by atoms with Gasteiger partial charge in [-0.05, 0) is 18.6 Å². The average Bonchev–Trinajstić information content (AvgIpc) is 2.99. The molecule has 1 aliphatic rings. The second-order valence-corrected chi connectivity index (χ2v) is 5.75. The van der Waals surface area contributed by atoms with Crippen LogP contribution in [0, 0.1) is 0 Å². The van der Waals surface area contributed by atoms with Crippen molar-refractivity contribution < 1.29 is 22.7 Å². The van der Waals surface area contributed by atoms with Gasteiger partial charge in [-0.2, -0.15) is 18.3 Å². The molecule has 8 heteroatoms. The molecule has 1 N–H and O–H groups in total. The Kier molecular flexibility index (Phi) is 6.93. The summed E-state index contributed by atoms with van der Waals surface area (Å²) in [6, 6.07) is 5.44. The quantitative estimate of drug-likeness (QED) is 0.842. The largest absolute Gasteiger partial charge is 0.416 e. The van der Waals surface area contributed by atoms with E-state index in [1.54, 1.807) is 13.2 Å². The highest BCUT2D eigenvalue weighted by Crippen LogP contribution is 2.32.